The number of benzene rings is 3. The third-order valence-electron chi connectivity index (χ3n) is 5.87. The van der Waals surface area contributed by atoms with E-state index >= 15 is 0 Å². The van der Waals surface area contributed by atoms with Crippen molar-refractivity contribution in [3.05, 3.63) is 125 Å². The fraction of sp³-hybridized carbons (Fsp3) is 0.103. The number of amides is 1. The molecule has 168 valence electrons. The van der Waals surface area contributed by atoms with E-state index in [2.05, 4.69) is 10.3 Å². The van der Waals surface area contributed by atoms with Gasteiger partial charge in [-0.1, -0.05) is 54.1 Å². The van der Waals surface area contributed by atoms with Crippen LogP contribution in [0, 0.1) is 6.92 Å². The van der Waals surface area contributed by atoms with E-state index in [0.29, 0.717) is 5.02 Å². The molecule has 1 amide bonds. The Morgan fingerprint density at radius 1 is 1.00 bits per heavy atom. The predicted molar refractivity (Wildman–Crippen MR) is 136 cm³/mol. The lowest BCUT2D eigenvalue weighted by molar-refractivity contribution is -0.120. The number of hydrogen-bond donors (Lipinski definition) is 1. The van der Waals surface area contributed by atoms with Crippen molar-refractivity contribution in [2.24, 2.45) is 0 Å². The van der Waals surface area contributed by atoms with Gasteiger partial charge in [0.1, 0.15) is 11.3 Å². The first-order chi connectivity index (χ1) is 16.6. The fourth-order valence-corrected chi connectivity index (χ4v) is 4.43. The summed E-state index contributed by atoms with van der Waals surface area (Å²) in [5, 5.41) is 4.86. The Kier molecular flexibility index (Phi) is 6.15. The second-order valence-corrected chi connectivity index (χ2v) is 8.75. The molecule has 0 radical (unpaired) electrons. The largest absolute Gasteiger partial charge is 0.456 e. The van der Waals surface area contributed by atoms with Crippen LogP contribution in [-0.4, -0.2) is 10.9 Å². The third kappa shape index (κ3) is 4.73. The lowest BCUT2D eigenvalue weighted by Gasteiger charge is -2.22. The molecule has 0 aliphatic carbocycles. The molecule has 34 heavy (non-hydrogen) atoms. The fourth-order valence-electron chi connectivity index (χ4n) is 4.20. The molecule has 5 rings (SSSR count). The molecule has 1 N–H and O–H groups in total. The summed E-state index contributed by atoms with van der Waals surface area (Å²) in [5.41, 5.74) is 5.69. The summed E-state index contributed by atoms with van der Waals surface area (Å²) in [7, 11) is 0. The van der Waals surface area contributed by atoms with Gasteiger partial charge in [0.25, 0.3) is 0 Å². The third-order valence-corrected chi connectivity index (χ3v) is 6.11. The summed E-state index contributed by atoms with van der Waals surface area (Å²) in [6.45, 7) is 2.01. The number of nitrogens with zero attached hydrogens (tertiary/aromatic N) is 1. The smallest absolute Gasteiger partial charge is 0.225 e. The van der Waals surface area contributed by atoms with Crippen LogP contribution in [-0.2, 0) is 11.2 Å². The summed E-state index contributed by atoms with van der Waals surface area (Å²) < 4.78 is 5.97. The van der Waals surface area contributed by atoms with Gasteiger partial charge in [-0.05, 0) is 71.6 Å². The highest BCUT2D eigenvalue weighted by Crippen LogP contribution is 2.29. The zero-order chi connectivity index (χ0) is 23.5. The van der Waals surface area contributed by atoms with Crippen molar-refractivity contribution in [2.45, 2.75) is 19.4 Å². The molecular formula is C29H23ClN2O2. The number of aryl methyl sites for hydroxylation is 1. The van der Waals surface area contributed by atoms with Gasteiger partial charge in [0.05, 0.1) is 12.5 Å². The van der Waals surface area contributed by atoms with Crippen molar-refractivity contribution in [3.63, 3.8) is 0 Å². The van der Waals surface area contributed by atoms with Gasteiger partial charge in [-0.25, -0.2) is 0 Å². The van der Waals surface area contributed by atoms with Gasteiger partial charge in [-0.2, -0.15) is 0 Å². The maximum Gasteiger partial charge on any atom is 0.225 e. The lowest BCUT2D eigenvalue weighted by atomic mass is 9.94. The summed E-state index contributed by atoms with van der Waals surface area (Å²) >= 11 is 6.17. The summed E-state index contributed by atoms with van der Waals surface area (Å²) in [6, 6.07) is 27.1. The van der Waals surface area contributed by atoms with E-state index < -0.39 is 0 Å². The number of furan rings is 1. The maximum absolute atomic E-state index is 13.1. The molecule has 3 aromatic carbocycles. The molecule has 0 bridgehead atoms. The summed E-state index contributed by atoms with van der Waals surface area (Å²) in [4.78, 5) is 17.3. The van der Waals surface area contributed by atoms with E-state index in [1.165, 1.54) is 0 Å². The molecule has 4 nitrogen and oxygen atoms in total. The van der Waals surface area contributed by atoms with Crippen LogP contribution in [0.4, 0.5) is 0 Å². The minimum absolute atomic E-state index is 0.0569. The average Bonchev–Trinajstić information content (AvgIpc) is 3.28. The topological polar surface area (TPSA) is 55.1 Å². The molecule has 0 aliphatic heterocycles. The number of pyridine rings is 1. The second-order valence-electron chi connectivity index (χ2n) is 8.31. The molecule has 0 spiro atoms. The van der Waals surface area contributed by atoms with Crippen molar-refractivity contribution in [2.75, 3.05) is 0 Å². The van der Waals surface area contributed by atoms with Crippen molar-refractivity contribution >= 4 is 28.5 Å². The number of nitrogens with one attached hydrogen (secondary N) is 1. The van der Waals surface area contributed by atoms with E-state index in [1.807, 2.05) is 91.9 Å². The number of carbonyl (C=O) groups excluding carboxylic acids is 1. The van der Waals surface area contributed by atoms with Gasteiger partial charge in [0.2, 0.25) is 5.91 Å². The van der Waals surface area contributed by atoms with Gasteiger partial charge in [-0.15, -0.1) is 0 Å². The SMILES string of the molecule is Cc1cc(Cl)ccc1C(NC(=O)Cc1ccc2oc(-c3cccnc3)cc2c1)c1ccccc1. The van der Waals surface area contributed by atoms with Gasteiger partial charge in [-0.3, -0.25) is 9.78 Å². The highest BCUT2D eigenvalue weighted by molar-refractivity contribution is 6.30. The van der Waals surface area contributed by atoms with E-state index in [0.717, 1.165) is 44.5 Å². The van der Waals surface area contributed by atoms with Crippen LogP contribution in [0.1, 0.15) is 28.3 Å². The Balaban J connectivity index is 1.39. The van der Waals surface area contributed by atoms with E-state index in [9.17, 15) is 4.79 Å². The normalized spacial score (nSPS) is 11.9. The molecule has 2 aromatic heterocycles. The Hall–Kier alpha value is -3.89. The number of hydrogen-bond acceptors (Lipinski definition) is 3. The second kappa shape index (κ2) is 9.54. The van der Waals surface area contributed by atoms with Crippen molar-refractivity contribution in [3.8, 4) is 11.3 Å². The summed E-state index contributed by atoms with van der Waals surface area (Å²) in [6.07, 6.45) is 3.77. The van der Waals surface area contributed by atoms with Gasteiger partial charge in [0.15, 0.2) is 0 Å². The van der Waals surface area contributed by atoms with Gasteiger partial charge >= 0.3 is 0 Å². The van der Waals surface area contributed by atoms with E-state index in [4.69, 9.17) is 16.0 Å². The molecule has 0 saturated heterocycles. The Morgan fingerprint density at radius 3 is 2.62 bits per heavy atom. The zero-order valence-corrected chi connectivity index (χ0v) is 19.4. The molecular weight excluding hydrogens is 444 g/mol. The minimum Gasteiger partial charge on any atom is -0.456 e. The van der Waals surface area contributed by atoms with Crippen molar-refractivity contribution < 1.29 is 9.21 Å². The predicted octanol–water partition coefficient (Wildman–Crippen LogP) is 6.90. The quantitative estimate of drug-likeness (QED) is 0.296. The summed E-state index contributed by atoms with van der Waals surface area (Å²) in [5.74, 6) is 0.700. The van der Waals surface area contributed by atoms with Crippen LogP contribution in [0.2, 0.25) is 5.02 Å². The Labute approximate surface area is 203 Å². The van der Waals surface area contributed by atoms with Gasteiger partial charge in [0, 0.05) is 28.4 Å². The van der Waals surface area contributed by atoms with Crippen LogP contribution in [0.25, 0.3) is 22.3 Å². The van der Waals surface area contributed by atoms with E-state index in [-0.39, 0.29) is 18.4 Å². The average molecular weight is 467 g/mol. The number of carbonyl (C=O) groups is 1. The Morgan fingerprint density at radius 2 is 1.85 bits per heavy atom. The minimum atomic E-state index is -0.263. The maximum atomic E-state index is 13.1. The first-order valence-electron chi connectivity index (χ1n) is 11.1. The van der Waals surface area contributed by atoms with Crippen LogP contribution in [0.3, 0.4) is 0 Å². The van der Waals surface area contributed by atoms with E-state index in [1.54, 1.807) is 12.4 Å². The monoisotopic (exact) mass is 466 g/mol. The highest BCUT2D eigenvalue weighted by atomic mass is 35.5. The molecule has 5 heteroatoms. The van der Waals surface area contributed by atoms with Crippen molar-refractivity contribution in [1.82, 2.24) is 10.3 Å². The lowest BCUT2D eigenvalue weighted by Crippen LogP contribution is -2.31. The molecule has 0 aliphatic rings. The highest BCUT2D eigenvalue weighted by Gasteiger charge is 2.19. The van der Waals surface area contributed by atoms with Gasteiger partial charge < -0.3 is 9.73 Å². The standard InChI is InChI=1S/C29H23ClN2O2/c1-19-14-24(30)10-11-25(19)29(21-6-3-2-4-7-21)32-28(33)16-20-9-12-26-23(15-20)17-27(34-26)22-8-5-13-31-18-22/h2-15,17-18,29H,16H2,1H3,(H,32,33). The Bertz CT molecular complexity index is 1450. The molecule has 2 heterocycles. The number of fused-ring (bicyclic) bond motifs is 1. The number of rotatable bonds is 6. The van der Waals surface area contributed by atoms with Crippen LogP contribution >= 0.6 is 11.6 Å². The molecule has 1 atom stereocenters. The molecule has 1 unspecified atom stereocenters. The van der Waals surface area contributed by atoms with Crippen LogP contribution in [0.5, 0.6) is 0 Å². The van der Waals surface area contributed by atoms with Crippen LogP contribution < -0.4 is 5.32 Å². The first-order valence-corrected chi connectivity index (χ1v) is 11.5. The number of aromatic nitrogens is 1. The number of halogens is 1. The zero-order valence-electron chi connectivity index (χ0n) is 18.7. The molecule has 5 aromatic rings. The molecule has 0 fully saturated rings. The molecule has 0 saturated carbocycles. The van der Waals surface area contributed by atoms with Crippen molar-refractivity contribution in [1.29, 1.82) is 0 Å². The first kappa shape index (κ1) is 21.9. The van der Waals surface area contributed by atoms with Crippen LogP contribution in [0.15, 0.2) is 102 Å².